The van der Waals surface area contributed by atoms with Crippen molar-refractivity contribution in [1.82, 2.24) is 46.4 Å². The molecule has 24 nitrogen and oxygen atoms in total. The number of imide groups is 1. The number of esters is 1. The van der Waals surface area contributed by atoms with Gasteiger partial charge in [0.2, 0.25) is 35.4 Å². The fourth-order valence-corrected chi connectivity index (χ4v) is 9.80. The van der Waals surface area contributed by atoms with E-state index in [1.807, 2.05) is 0 Å². The smallest absolute Gasteiger partial charge is 0.343 e. The molecule has 8 rings (SSSR count). The monoisotopic (exact) mass is 1090 g/mol. The molecule has 0 bridgehead atoms. The molecule has 2 aromatic carbocycles. The van der Waals surface area contributed by atoms with E-state index in [0.717, 1.165) is 22.6 Å². The quantitative estimate of drug-likeness (QED) is 0.0168. The van der Waals surface area contributed by atoms with E-state index in [1.165, 1.54) is 10.6 Å². The molecule has 4 aliphatic rings. The van der Waals surface area contributed by atoms with Crippen LogP contribution >= 0.6 is 0 Å². The average Bonchev–Trinajstić information content (AvgIpc) is 4.24. The van der Waals surface area contributed by atoms with E-state index >= 15 is 4.39 Å². The molecule has 0 radical (unpaired) electrons. The van der Waals surface area contributed by atoms with E-state index in [-0.39, 0.29) is 83.2 Å². The molecular formula is C54H60FN9O15. The number of aliphatic hydroxyl groups is 1. The number of cyclic esters (lactones) is 1. The lowest BCUT2D eigenvalue weighted by Crippen LogP contribution is -2.52. The highest BCUT2D eigenvalue weighted by Crippen LogP contribution is 2.46. The van der Waals surface area contributed by atoms with Crippen molar-refractivity contribution >= 4 is 64.1 Å². The molecule has 0 unspecified atom stereocenters. The number of nitrogens with zero attached hydrogens (tertiary/aromatic N) is 3. The van der Waals surface area contributed by atoms with Gasteiger partial charge in [0.15, 0.2) is 5.60 Å². The Balaban J connectivity index is 0.767. The Morgan fingerprint density at radius 1 is 0.873 bits per heavy atom. The molecule has 8 amide bonds. The maximum atomic E-state index is 15.4. The summed E-state index contributed by atoms with van der Waals surface area (Å²) in [5.41, 5.74) is 2.06. The Bertz CT molecular complexity index is 3190. The summed E-state index contributed by atoms with van der Waals surface area (Å²) in [7, 11) is 0. The minimum absolute atomic E-state index is 0.0223. The van der Waals surface area contributed by atoms with Gasteiger partial charge in [-0.15, -0.1) is 0 Å². The van der Waals surface area contributed by atoms with Gasteiger partial charge in [0.1, 0.15) is 31.8 Å². The van der Waals surface area contributed by atoms with Crippen molar-refractivity contribution in [3.63, 3.8) is 0 Å². The number of benzene rings is 2. The van der Waals surface area contributed by atoms with Crippen molar-refractivity contribution in [2.24, 2.45) is 0 Å². The van der Waals surface area contributed by atoms with Crippen LogP contribution in [-0.2, 0) is 93.7 Å². The van der Waals surface area contributed by atoms with E-state index in [1.54, 1.807) is 57.2 Å². The molecule has 1 aliphatic carbocycles. The standard InChI is InChI=1S/C54H60FN9O15/c1-4-54(75)35-19-40-50-33(24-64(40)52(73)34(35)26-79-53(54)74)49-37(11-10-32-30(3)36(55)20-38(62-50)48(32)49)60-45(69)27-78-29(2)25-77-28-59-43(67)22-58-51(72)39(18-31-8-6-5-7-9-31)61-44(68)23-57-42(66)21-56-41(65)14-16-76-17-15-63-46(70)12-13-47(63)71/h5-9,12-13,19-20,29,37,39,75H,4,10-11,14-18,21-28H2,1-3H3,(H,56,65)(H,57,66)(H,58,72)(H,59,67)(H,60,69)(H,61,68)/t29-,37-,39-,54-/m0/s1. The van der Waals surface area contributed by atoms with E-state index in [9.17, 15) is 53.1 Å². The highest BCUT2D eigenvalue weighted by Gasteiger charge is 2.46. The molecule has 0 saturated heterocycles. The van der Waals surface area contributed by atoms with Gasteiger partial charge in [0.25, 0.3) is 17.4 Å². The van der Waals surface area contributed by atoms with Crippen molar-refractivity contribution < 1.29 is 71.6 Å². The summed E-state index contributed by atoms with van der Waals surface area (Å²) in [6.45, 7) is 2.57. The zero-order valence-corrected chi connectivity index (χ0v) is 43.6. The number of aryl methyl sites for hydroxylation is 1. The second-order valence-electron chi connectivity index (χ2n) is 19.3. The maximum Gasteiger partial charge on any atom is 0.343 e. The van der Waals surface area contributed by atoms with Crippen LogP contribution in [0.25, 0.3) is 22.3 Å². The van der Waals surface area contributed by atoms with Gasteiger partial charge >= 0.3 is 5.97 Å². The third-order valence-corrected chi connectivity index (χ3v) is 14.0. The minimum atomic E-state index is -2.04. The molecule has 7 N–H and O–H groups in total. The predicted octanol–water partition coefficient (Wildman–Crippen LogP) is -0.466. The Kier molecular flexibility index (Phi) is 18.0. The fraction of sp³-hybridized carbons (Fsp3) is 0.426. The number of pyridine rings is 2. The first kappa shape index (κ1) is 56.9. The van der Waals surface area contributed by atoms with Gasteiger partial charge in [0.05, 0.1) is 87.2 Å². The van der Waals surface area contributed by atoms with Crippen LogP contribution < -0.4 is 37.5 Å². The van der Waals surface area contributed by atoms with Crippen LogP contribution in [0.5, 0.6) is 0 Å². The number of ether oxygens (including phenoxy) is 4. The normalized spacial score (nSPS) is 17.5. The Labute approximate surface area is 451 Å². The van der Waals surface area contributed by atoms with Gasteiger partial charge in [-0.2, -0.15) is 0 Å². The Morgan fingerprint density at radius 2 is 1.58 bits per heavy atom. The predicted molar refractivity (Wildman–Crippen MR) is 275 cm³/mol. The molecule has 79 heavy (non-hydrogen) atoms. The van der Waals surface area contributed by atoms with Gasteiger partial charge in [-0.05, 0) is 61.4 Å². The second kappa shape index (κ2) is 25.0. The first-order valence-corrected chi connectivity index (χ1v) is 25.7. The van der Waals surface area contributed by atoms with Gasteiger partial charge in [-0.3, -0.25) is 48.1 Å². The average molecular weight is 1090 g/mol. The summed E-state index contributed by atoms with van der Waals surface area (Å²) in [5.74, 6) is -5.92. The van der Waals surface area contributed by atoms with Crippen LogP contribution in [0.15, 0.2) is 59.4 Å². The van der Waals surface area contributed by atoms with Crippen molar-refractivity contribution in [1.29, 1.82) is 0 Å². The van der Waals surface area contributed by atoms with Crippen molar-refractivity contribution in [3.05, 3.63) is 110 Å². The highest BCUT2D eigenvalue weighted by molar-refractivity contribution is 6.12. The van der Waals surface area contributed by atoms with Crippen molar-refractivity contribution in [2.45, 2.75) is 89.8 Å². The topological polar surface area (TPSA) is 321 Å². The van der Waals surface area contributed by atoms with Crippen LogP contribution in [0, 0.1) is 12.7 Å². The van der Waals surface area contributed by atoms with Gasteiger partial charge in [-0.1, -0.05) is 37.3 Å². The number of nitrogens with one attached hydrogen (secondary N) is 6. The van der Waals surface area contributed by atoms with E-state index in [4.69, 9.17) is 23.9 Å². The maximum absolute atomic E-state index is 15.4. The largest absolute Gasteiger partial charge is 0.458 e. The second-order valence-corrected chi connectivity index (χ2v) is 19.3. The number of halogens is 1. The molecule has 0 spiro atoms. The van der Waals surface area contributed by atoms with Crippen LogP contribution in [0.2, 0.25) is 0 Å². The SMILES string of the molecule is CC[C@@]1(O)C(=O)OCc2c1cc1n(c2=O)Cc2c-1nc1cc(F)c(C)c3c1c2[C@@H](NC(=O)CO[C@@H](C)COCNC(=O)CNC(=O)[C@H](Cc1ccccc1)NC(=O)CNC(=O)CNC(=O)CCOCCN1C(=O)C=CC1=O)CC3. The lowest BCUT2D eigenvalue weighted by molar-refractivity contribution is -0.172. The summed E-state index contributed by atoms with van der Waals surface area (Å²) in [6.07, 6.45) is 2.40. The Hall–Kier alpha value is -8.26. The number of amides is 8. The van der Waals surface area contributed by atoms with E-state index < -0.39 is 108 Å². The fourth-order valence-electron chi connectivity index (χ4n) is 9.80. The molecule has 0 saturated carbocycles. The molecule has 25 heteroatoms. The Morgan fingerprint density at radius 3 is 2.33 bits per heavy atom. The molecule has 3 aliphatic heterocycles. The number of fused-ring (bicyclic) bond motifs is 5. The van der Waals surface area contributed by atoms with Crippen molar-refractivity contribution in [2.75, 3.05) is 59.3 Å². The molecule has 4 atom stereocenters. The summed E-state index contributed by atoms with van der Waals surface area (Å²) in [6, 6.07) is 9.93. The number of carbonyl (C=O) groups is 9. The van der Waals surface area contributed by atoms with E-state index in [2.05, 4.69) is 31.9 Å². The van der Waals surface area contributed by atoms with Gasteiger partial charge in [0, 0.05) is 47.6 Å². The molecule has 0 fully saturated rings. The van der Waals surface area contributed by atoms with Crippen LogP contribution in [0.3, 0.4) is 0 Å². The summed E-state index contributed by atoms with van der Waals surface area (Å²) < 4.78 is 38.7. The number of hydrogen-bond acceptors (Lipinski definition) is 16. The summed E-state index contributed by atoms with van der Waals surface area (Å²) in [5, 5.41) is 27.4. The number of carbonyl (C=O) groups excluding carboxylic acids is 9. The van der Waals surface area contributed by atoms with Crippen LogP contribution in [0.1, 0.15) is 78.1 Å². The van der Waals surface area contributed by atoms with Gasteiger partial charge < -0.3 is 60.5 Å². The van der Waals surface area contributed by atoms with E-state index in [0.29, 0.717) is 57.4 Å². The number of aromatic nitrogens is 2. The molecule has 5 heterocycles. The molecule has 4 aromatic rings. The number of hydrogen-bond donors (Lipinski definition) is 7. The molecular weight excluding hydrogens is 1030 g/mol. The molecule has 418 valence electrons. The third-order valence-electron chi connectivity index (χ3n) is 14.0. The zero-order valence-electron chi connectivity index (χ0n) is 43.6. The number of rotatable bonds is 25. The minimum Gasteiger partial charge on any atom is -0.458 e. The summed E-state index contributed by atoms with van der Waals surface area (Å²) in [4.78, 5) is 133. The zero-order chi connectivity index (χ0) is 56.5. The van der Waals surface area contributed by atoms with Crippen LogP contribution in [-0.4, -0.2) is 144 Å². The highest BCUT2D eigenvalue weighted by atomic mass is 19.1. The van der Waals surface area contributed by atoms with Crippen LogP contribution in [0.4, 0.5) is 4.39 Å². The molecule has 2 aromatic heterocycles. The first-order valence-electron chi connectivity index (χ1n) is 25.7. The third kappa shape index (κ3) is 13.0. The summed E-state index contributed by atoms with van der Waals surface area (Å²) >= 11 is 0. The van der Waals surface area contributed by atoms with Gasteiger partial charge in [-0.25, -0.2) is 14.2 Å². The first-order chi connectivity index (χ1) is 37.9. The van der Waals surface area contributed by atoms with Crippen molar-refractivity contribution in [3.8, 4) is 11.4 Å². The lowest BCUT2D eigenvalue weighted by Gasteiger charge is -2.31. The lowest BCUT2D eigenvalue weighted by atomic mass is 9.81.